The highest BCUT2D eigenvalue weighted by atomic mass is 16.5. The van der Waals surface area contributed by atoms with E-state index in [4.69, 9.17) is 13.9 Å². The Morgan fingerprint density at radius 1 is 1.24 bits per heavy atom. The number of carbonyl (C=O) groups excluding carboxylic acids is 1. The zero-order chi connectivity index (χ0) is 17.1. The van der Waals surface area contributed by atoms with Crippen LogP contribution in [0.15, 0.2) is 22.8 Å². The van der Waals surface area contributed by atoms with E-state index in [-0.39, 0.29) is 17.9 Å². The third-order valence-corrected chi connectivity index (χ3v) is 5.84. The average molecular weight is 348 g/mol. The van der Waals surface area contributed by atoms with E-state index in [1.165, 1.54) is 0 Å². The van der Waals surface area contributed by atoms with Crippen molar-refractivity contribution in [3.63, 3.8) is 0 Å². The largest absolute Gasteiger partial charge is 0.467 e. The van der Waals surface area contributed by atoms with Gasteiger partial charge in [-0.05, 0) is 43.7 Å². The summed E-state index contributed by atoms with van der Waals surface area (Å²) in [6.07, 6.45) is 6.02. The van der Waals surface area contributed by atoms with Crippen molar-refractivity contribution in [1.29, 1.82) is 0 Å². The molecule has 25 heavy (non-hydrogen) atoms. The van der Waals surface area contributed by atoms with E-state index in [2.05, 4.69) is 10.2 Å². The van der Waals surface area contributed by atoms with Crippen molar-refractivity contribution in [1.82, 2.24) is 10.2 Å². The molecule has 6 nitrogen and oxygen atoms in total. The van der Waals surface area contributed by atoms with Crippen molar-refractivity contribution in [2.75, 3.05) is 32.9 Å². The van der Waals surface area contributed by atoms with Crippen molar-refractivity contribution in [2.24, 2.45) is 11.8 Å². The van der Waals surface area contributed by atoms with Crippen LogP contribution in [0.1, 0.15) is 31.4 Å². The van der Waals surface area contributed by atoms with Crippen LogP contribution in [-0.4, -0.2) is 55.9 Å². The Bertz CT molecular complexity index is 556. The lowest BCUT2D eigenvalue weighted by molar-refractivity contribution is -0.130. The first-order valence-corrected chi connectivity index (χ1v) is 9.53. The number of nitrogens with one attached hydrogen (secondary N) is 1. The third-order valence-electron chi connectivity index (χ3n) is 5.84. The Morgan fingerprint density at radius 2 is 2.12 bits per heavy atom. The van der Waals surface area contributed by atoms with E-state index in [1.807, 2.05) is 12.1 Å². The van der Waals surface area contributed by atoms with Gasteiger partial charge in [-0.3, -0.25) is 9.69 Å². The smallest absolute Gasteiger partial charge is 0.224 e. The molecule has 4 rings (SSSR count). The van der Waals surface area contributed by atoms with Gasteiger partial charge in [-0.15, -0.1) is 0 Å². The van der Waals surface area contributed by atoms with Crippen molar-refractivity contribution >= 4 is 5.91 Å². The summed E-state index contributed by atoms with van der Waals surface area (Å²) >= 11 is 0. The summed E-state index contributed by atoms with van der Waals surface area (Å²) in [4.78, 5) is 15.2. The van der Waals surface area contributed by atoms with Crippen LogP contribution in [0.5, 0.6) is 0 Å². The van der Waals surface area contributed by atoms with E-state index >= 15 is 0 Å². The molecule has 3 saturated heterocycles. The molecule has 1 aromatic rings. The highest BCUT2D eigenvalue weighted by molar-refractivity contribution is 5.79. The second kappa shape index (κ2) is 7.89. The van der Waals surface area contributed by atoms with Gasteiger partial charge in [0.05, 0.1) is 24.8 Å². The number of likely N-dealkylation sites (tertiary alicyclic amines) is 1. The van der Waals surface area contributed by atoms with Gasteiger partial charge in [0.1, 0.15) is 5.76 Å². The summed E-state index contributed by atoms with van der Waals surface area (Å²) in [7, 11) is 0. The lowest BCUT2D eigenvalue weighted by Crippen LogP contribution is -2.54. The summed E-state index contributed by atoms with van der Waals surface area (Å²) in [6.45, 7) is 4.92. The highest BCUT2D eigenvalue weighted by Gasteiger charge is 2.42. The van der Waals surface area contributed by atoms with Crippen LogP contribution in [-0.2, 0) is 20.8 Å². The number of carbonyl (C=O) groups is 1. The van der Waals surface area contributed by atoms with Gasteiger partial charge in [0.15, 0.2) is 0 Å². The molecule has 3 atom stereocenters. The van der Waals surface area contributed by atoms with E-state index < -0.39 is 0 Å². The van der Waals surface area contributed by atoms with Crippen molar-refractivity contribution in [2.45, 2.75) is 44.4 Å². The zero-order valence-corrected chi connectivity index (χ0v) is 14.7. The molecular weight excluding hydrogens is 320 g/mol. The molecule has 1 aromatic heterocycles. The fourth-order valence-corrected chi connectivity index (χ4v) is 4.45. The summed E-state index contributed by atoms with van der Waals surface area (Å²) in [6, 6.07) is 4.21. The van der Waals surface area contributed by atoms with E-state index in [9.17, 15) is 4.79 Å². The molecule has 0 bridgehead atoms. The maximum atomic E-state index is 12.7. The fraction of sp³-hybridized carbons (Fsp3) is 0.737. The number of hydrogen-bond acceptors (Lipinski definition) is 5. The van der Waals surface area contributed by atoms with Gasteiger partial charge in [0.2, 0.25) is 5.91 Å². The van der Waals surface area contributed by atoms with Crippen LogP contribution in [0.3, 0.4) is 0 Å². The van der Waals surface area contributed by atoms with Crippen molar-refractivity contribution < 1.29 is 18.7 Å². The molecule has 138 valence electrons. The Hall–Kier alpha value is -1.37. The van der Waals surface area contributed by atoms with Gasteiger partial charge in [-0.1, -0.05) is 0 Å². The first-order chi connectivity index (χ1) is 12.3. The SMILES string of the molecule is O=C(NCc1ccco1)[C@H]1C[C@H]2OCC[C@H]2N(CC2CCOCC2)C1. The van der Waals surface area contributed by atoms with E-state index in [0.717, 1.165) is 64.4 Å². The van der Waals surface area contributed by atoms with Gasteiger partial charge in [0.25, 0.3) is 0 Å². The van der Waals surface area contributed by atoms with Gasteiger partial charge in [-0.25, -0.2) is 0 Å². The Labute approximate surface area is 148 Å². The van der Waals surface area contributed by atoms with E-state index in [1.54, 1.807) is 6.26 Å². The fourth-order valence-electron chi connectivity index (χ4n) is 4.45. The van der Waals surface area contributed by atoms with Crippen LogP contribution in [0.4, 0.5) is 0 Å². The number of hydrogen-bond donors (Lipinski definition) is 1. The maximum absolute atomic E-state index is 12.7. The maximum Gasteiger partial charge on any atom is 0.224 e. The third kappa shape index (κ3) is 4.07. The lowest BCUT2D eigenvalue weighted by atomic mass is 9.87. The van der Waals surface area contributed by atoms with Crippen LogP contribution in [0.25, 0.3) is 0 Å². The van der Waals surface area contributed by atoms with Crippen LogP contribution < -0.4 is 5.32 Å². The number of nitrogens with zero attached hydrogens (tertiary/aromatic N) is 1. The van der Waals surface area contributed by atoms with Gasteiger partial charge in [-0.2, -0.15) is 0 Å². The molecule has 0 unspecified atom stereocenters. The number of furan rings is 1. The Morgan fingerprint density at radius 3 is 2.92 bits per heavy atom. The summed E-state index contributed by atoms with van der Waals surface area (Å²) in [5, 5.41) is 3.02. The number of piperidine rings is 1. The van der Waals surface area contributed by atoms with Crippen LogP contribution in [0.2, 0.25) is 0 Å². The molecule has 3 fully saturated rings. The number of fused-ring (bicyclic) bond motifs is 1. The topological polar surface area (TPSA) is 63.9 Å². The average Bonchev–Trinajstić information content (AvgIpc) is 3.32. The minimum absolute atomic E-state index is 0.00541. The molecule has 3 aliphatic heterocycles. The molecule has 0 radical (unpaired) electrons. The molecule has 6 heteroatoms. The molecule has 0 aromatic carbocycles. The molecular formula is C19H28N2O4. The minimum Gasteiger partial charge on any atom is -0.467 e. The second-order valence-electron chi connectivity index (χ2n) is 7.50. The Balaban J connectivity index is 1.36. The summed E-state index contributed by atoms with van der Waals surface area (Å²) in [5.41, 5.74) is 0. The van der Waals surface area contributed by atoms with Gasteiger partial charge < -0.3 is 19.2 Å². The number of rotatable bonds is 5. The predicted octanol–water partition coefficient (Wildman–Crippen LogP) is 1.80. The molecule has 0 spiro atoms. The minimum atomic E-state index is -0.00541. The van der Waals surface area contributed by atoms with Crippen LogP contribution >= 0.6 is 0 Å². The monoisotopic (exact) mass is 348 g/mol. The first kappa shape index (κ1) is 17.1. The quantitative estimate of drug-likeness (QED) is 0.879. The van der Waals surface area contributed by atoms with Crippen molar-refractivity contribution in [3.8, 4) is 0 Å². The van der Waals surface area contributed by atoms with Gasteiger partial charge in [0, 0.05) is 39.0 Å². The number of amides is 1. The number of ether oxygens (including phenoxy) is 2. The molecule has 4 heterocycles. The second-order valence-corrected chi connectivity index (χ2v) is 7.50. The summed E-state index contributed by atoms with van der Waals surface area (Å²) < 4.78 is 16.7. The lowest BCUT2D eigenvalue weighted by Gasteiger charge is -2.42. The van der Waals surface area contributed by atoms with Crippen molar-refractivity contribution in [3.05, 3.63) is 24.2 Å². The normalized spacial score (nSPS) is 31.0. The molecule has 0 saturated carbocycles. The first-order valence-electron chi connectivity index (χ1n) is 9.53. The Kier molecular flexibility index (Phi) is 5.39. The zero-order valence-electron chi connectivity index (χ0n) is 14.7. The standard InChI is InChI=1S/C19H28N2O4/c22-19(20-11-16-2-1-6-24-16)15-10-18-17(5-9-25-18)21(13-15)12-14-3-7-23-8-4-14/h1-2,6,14-15,17-18H,3-5,7-13H2,(H,20,22)/t15-,17+,18+/m0/s1. The molecule has 1 amide bonds. The predicted molar refractivity (Wildman–Crippen MR) is 91.9 cm³/mol. The van der Waals surface area contributed by atoms with Gasteiger partial charge >= 0.3 is 0 Å². The summed E-state index contributed by atoms with van der Waals surface area (Å²) in [5.74, 6) is 1.58. The molecule has 3 aliphatic rings. The highest BCUT2D eigenvalue weighted by Crippen LogP contribution is 2.33. The van der Waals surface area contributed by atoms with E-state index in [0.29, 0.717) is 18.5 Å². The molecule has 0 aliphatic carbocycles. The molecule has 1 N–H and O–H groups in total. The van der Waals surface area contributed by atoms with Crippen LogP contribution in [0, 0.1) is 11.8 Å².